The van der Waals surface area contributed by atoms with E-state index in [1.165, 1.54) is 12.8 Å². The highest BCUT2D eigenvalue weighted by molar-refractivity contribution is 5.13. The maximum atomic E-state index is 5.88. The van der Waals surface area contributed by atoms with Gasteiger partial charge in [0.15, 0.2) is 0 Å². The SMILES string of the molecule is C=CCC[C@@H]1CCCC(N)=C1N. The molecule has 0 radical (unpaired) electrons. The van der Waals surface area contributed by atoms with E-state index in [0.717, 1.165) is 30.7 Å². The Labute approximate surface area is 74.3 Å². The Balaban J connectivity index is 2.52. The lowest BCUT2D eigenvalue weighted by Gasteiger charge is -2.23. The molecular weight excluding hydrogens is 148 g/mol. The normalized spacial score (nSPS) is 24.2. The minimum atomic E-state index is 0.511. The van der Waals surface area contributed by atoms with Crippen LogP contribution in [0.3, 0.4) is 0 Å². The number of allylic oxidation sites excluding steroid dienone is 3. The van der Waals surface area contributed by atoms with E-state index in [2.05, 4.69) is 6.58 Å². The maximum Gasteiger partial charge on any atom is 0.0303 e. The number of rotatable bonds is 3. The molecule has 1 aliphatic rings. The summed E-state index contributed by atoms with van der Waals surface area (Å²) in [7, 11) is 0. The molecule has 0 aromatic carbocycles. The fourth-order valence-corrected chi connectivity index (χ4v) is 1.72. The lowest BCUT2D eigenvalue weighted by Crippen LogP contribution is -2.22. The molecule has 0 aromatic heterocycles. The van der Waals surface area contributed by atoms with Gasteiger partial charge < -0.3 is 11.5 Å². The standard InChI is InChI=1S/C10H18N2/c1-2-3-5-8-6-4-7-9(11)10(8)12/h2,8H,1,3-7,11-12H2/t8-/m1/s1. The topological polar surface area (TPSA) is 52.0 Å². The third kappa shape index (κ3) is 2.03. The largest absolute Gasteiger partial charge is 0.401 e. The molecule has 12 heavy (non-hydrogen) atoms. The Hall–Kier alpha value is -0.920. The lowest BCUT2D eigenvalue weighted by atomic mass is 9.87. The number of nitrogens with two attached hydrogens (primary N) is 2. The molecule has 0 saturated carbocycles. The van der Waals surface area contributed by atoms with Gasteiger partial charge in [-0.15, -0.1) is 6.58 Å². The molecule has 0 aliphatic heterocycles. The van der Waals surface area contributed by atoms with Crippen LogP contribution in [-0.4, -0.2) is 0 Å². The van der Waals surface area contributed by atoms with Gasteiger partial charge in [0.1, 0.15) is 0 Å². The zero-order valence-electron chi connectivity index (χ0n) is 7.55. The second-order valence-corrected chi connectivity index (χ2v) is 3.44. The van der Waals surface area contributed by atoms with Gasteiger partial charge in [-0.25, -0.2) is 0 Å². The first-order valence-corrected chi connectivity index (χ1v) is 4.60. The summed E-state index contributed by atoms with van der Waals surface area (Å²) in [5.41, 5.74) is 13.5. The number of hydrogen-bond acceptors (Lipinski definition) is 2. The molecule has 0 amide bonds. The fraction of sp³-hybridized carbons (Fsp3) is 0.600. The summed E-state index contributed by atoms with van der Waals surface area (Å²) in [6, 6.07) is 0. The molecule has 1 rings (SSSR count). The second-order valence-electron chi connectivity index (χ2n) is 3.44. The van der Waals surface area contributed by atoms with E-state index in [-0.39, 0.29) is 0 Å². The predicted octanol–water partition coefficient (Wildman–Crippen LogP) is 1.88. The Bertz CT molecular complexity index is 194. The molecule has 1 aliphatic carbocycles. The summed E-state index contributed by atoms with van der Waals surface area (Å²) in [6.07, 6.45) is 7.46. The van der Waals surface area contributed by atoms with Gasteiger partial charge in [0.05, 0.1) is 0 Å². The molecule has 68 valence electrons. The van der Waals surface area contributed by atoms with E-state index in [4.69, 9.17) is 11.5 Å². The zero-order chi connectivity index (χ0) is 8.97. The van der Waals surface area contributed by atoms with E-state index in [1.807, 2.05) is 6.08 Å². The Morgan fingerprint density at radius 2 is 2.25 bits per heavy atom. The molecular formula is C10H18N2. The molecule has 1 atom stereocenters. The van der Waals surface area contributed by atoms with Crippen molar-refractivity contribution in [2.45, 2.75) is 32.1 Å². The van der Waals surface area contributed by atoms with Crippen LogP contribution < -0.4 is 11.5 Å². The van der Waals surface area contributed by atoms with Gasteiger partial charge in [-0.2, -0.15) is 0 Å². The van der Waals surface area contributed by atoms with Crippen molar-refractivity contribution in [1.29, 1.82) is 0 Å². The van der Waals surface area contributed by atoms with Crippen LogP contribution in [0.1, 0.15) is 32.1 Å². The van der Waals surface area contributed by atoms with E-state index >= 15 is 0 Å². The number of hydrogen-bond donors (Lipinski definition) is 2. The van der Waals surface area contributed by atoms with Crippen molar-refractivity contribution in [3.63, 3.8) is 0 Å². The molecule has 0 heterocycles. The van der Waals surface area contributed by atoms with Gasteiger partial charge in [-0.3, -0.25) is 0 Å². The molecule has 0 unspecified atom stereocenters. The molecule has 0 bridgehead atoms. The van der Waals surface area contributed by atoms with Crippen LogP contribution in [0.15, 0.2) is 24.0 Å². The summed E-state index contributed by atoms with van der Waals surface area (Å²) in [5, 5.41) is 0. The summed E-state index contributed by atoms with van der Waals surface area (Å²) in [6.45, 7) is 3.70. The minimum Gasteiger partial charge on any atom is -0.401 e. The van der Waals surface area contributed by atoms with Crippen LogP contribution in [-0.2, 0) is 0 Å². The van der Waals surface area contributed by atoms with Crippen LogP contribution in [0.25, 0.3) is 0 Å². The molecule has 2 nitrogen and oxygen atoms in total. The summed E-state index contributed by atoms with van der Waals surface area (Å²) in [5.74, 6) is 0.511. The van der Waals surface area contributed by atoms with E-state index < -0.39 is 0 Å². The van der Waals surface area contributed by atoms with Crippen LogP contribution in [0.5, 0.6) is 0 Å². The molecule has 2 heteroatoms. The van der Waals surface area contributed by atoms with Crippen LogP contribution in [0.4, 0.5) is 0 Å². The van der Waals surface area contributed by atoms with Crippen LogP contribution in [0, 0.1) is 5.92 Å². The van der Waals surface area contributed by atoms with Crippen molar-refractivity contribution < 1.29 is 0 Å². The first kappa shape index (κ1) is 9.17. The van der Waals surface area contributed by atoms with Gasteiger partial charge in [0.2, 0.25) is 0 Å². The molecule has 4 N–H and O–H groups in total. The van der Waals surface area contributed by atoms with E-state index in [1.54, 1.807) is 0 Å². The Morgan fingerprint density at radius 1 is 1.50 bits per heavy atom. The van der Waals surface area contributed by atoms with Crippen molar-refractivity contribution in [3.8, 4) is 0 Å². The molecule has 0 spiro atoms. The van der Waals surface area contributed by atoms with Crippen molar-refractivity contribution in [1.82, 2.24) is 0 Å². The first-order chi connectivity index (χ1) is 5.75. The van der Waals surface area contributed by atoms with Gasteiger partial charge in [0.25, 0.3) is 0 Å². The maximum absolute atomic E-state index is 5.88. The van der Waals surface area contributed by atoms with Crippen molar-refractivity contribution in [3.05, 3.63) is 24.0 Å². The van der Waals surface area contributed by atoms with Crippen molar-refractivity contribution in [2.24, 2.45) is 17.4 Å². The van der Waals surface area contributed by atoms with Crippen LogP contribution >= 0.6 is 0 Å². The van der Waals surface area contributed by atoms with Gasteiger partial charge in [0, 0.05) is 17.3 Å². The van der Waals surface area contributed by atoms with Crippen LogP contribution in [0.2, 0.25) is 0 Å². The average molecular weight is 166 g/mol. The van der Waals surface area contributed by atoms with E-state index in [9.17, 15) is 0 Å². The summed E-state index contributed by atoms with van der Waals surface area (Å²) < 4.78 is 0. The zero-order valence-corrected chi connectivity index (χ0v) is 7.55. The summed E-state index contributed by atoms with van der Waals surface area (Å²) >= 11 is 0. The lowest BCUT2D eigenvalue weighted by molar-refractivity contribution is 0.463. The first-order valence-electron chi connectivity index (χ1n) is 4.60. The van der Waals surface area contributed by atoms with Gasteiger partial charge in [-0.05, 0) is 32.1 Å². The molecule has 0 saturated heterocycles. The molecule has 0 aromatic rings. The van der Waals surface area contributed by atoms with E-state index in [0.29, 0.717) is 5.92 Å². The second kappa shape index (κ2) is 4.19. The Morgan fingerprint density at radius 3 is 2.92 bits per heavy atom. The highest BCUT2D eigenvalue weighted by Gasteiger charge is 2.18. The van der Waals surface area contributed by atoms with Crippen molar-refractivity contribution in [2.75, 3.05) is 0 Å². The minimum absolute atomic E-state index is 0.511. The smallest absolute Gasteiger partial charge is 0.0303 e. The van der Waals surface area contributed by atoms with Gasteiger partial charge in [-0.1, -0.05) is 6.08 Å². The molecule has 0 fully saturated rings. The predicted molar refractivity (Wildman–Crippen MR) is 52.2 cm³/mol. The quantitative estimate of drug-likeness (QED) is 0.629. The Kier molecular flexibility index (Phi) is 3.20. The summed E-state index contributed by atoms with van der Waals surface area (Å²) in [4.78, 5) is 0. The highest BCUT2D eigenvalue weighted by atomic mass is 14.7. The fourth-order valence-electron chi connectivity index (χ4n) is 1.72. The highest BCUT2D eigenvalue weighted by Crippen LogP contribution is 2.27. The van der Waals surface area contributed by atoms with Gasteiger partial charge >= 0.3 is 0 Å². The third-order valence-corrected chi connectivity index (χ3v) is 2.53. The third-order valence-electron chi connectivity index (χ3n) is 2.53. The van der Waals surface area contributed by atoms with Crippen molar-refractivity contribution >= 4 is 0 Å². The average Bonchev–Trinajstić information content (AvgIpc) is 2.08. The monoisotopic (exact) mass is 166 g/mol.